The van der Waals surface area contributed by atoms with Gasteiger partial charge in [0, 0.05) is 24.9 Å². The molecule has 12 heteroatoms. The quantitative estimate of drug-likeness (QED) is 0.215. The van der Waals surface area contributed by atoms with E-state index in [-0.39, 0.29) is 18.4 Å². The van der Waals surface area contributed by atoms with E-state index in [1.807, 2.05) is 6.92 Å². The number of carbonyl (C=O) groups is 1. The van der Waals surface area contributed by atoms with Crippen LogP contribution in [0.15, 0.2) is 47.5 Å². The Morgan fingerprint density at radius 3 is 2.63 bits per heavy atom. The summed E-state index contributed by atoms with van der Waals surface area (Å²) in [5.74, 6) is -1.52. The number of halogens is 1. The smallest absolute Gasteiger partial charge is 0.264 e. The van der Waals surface area contributed by atoms with Crippen molar-refractivity contribution < 1.29 is 27.6 Å². The highest BCUT2D eigenvalue weighted by Crippen LogP contribution is 2.26. The monoisotopic (exact) mass is 506 g/mol. The molecular weight excluding hydrogens is 479 g/mol. The van der Waals surface area contributed by atoms with Crippen LogP contribution in [0.1, 0.15) is 25.8 Å². The summed E-state index contributed by atoms with van der Waals surface area (Å²) in [5, 5.41) is 9.20. The van der Waals surface area contributed by atoms with Crippen molar-refractivity contribution in [2.45, 2.75) is 38.1 Å². The van der Waals surface area contributed by atoms with Crippen LogP contribution in [0.5, 0.6) is 0 Å². The molecule has 0 saturated carbocycles. The number of amides is 1. The predicted octanol–water partition coefficient (Wildman–Crippen LogP) is 1.94. The molecule has 1 heterocycles. The van der Waals surface area contributed by atoms with Crippen molar-refractivity contribution in [3.8, 4) is 11.1 Å². The van der Waals surface area contributed by atoms with Gasteiger partial charge in [0.2, 0.25) is 0 Å². The van der Waals surface area contributed by atoms with Gasteiger partial charge >= 0.3 is 0 Å². The third kappa shape index (κ3) is 5.56. The molecule has 0 bridgehead atoms. The number of rotatable bonds is 10. The number of benzene rings is 2. The average Bonchev–Trinajstić information content (AvgIpc) is 2.82. The number of hydroxylamine groups is 2. The first-order chi connectivity index (χ1) is 16.5. The lowest BCUT2D eigenvalue weighted by Crippen LogP contribution is -2.50. The third-order valence-corrected chi connectivity index (χ3v) is 7.95. The number of fused-ring (bicyclic) bond motifs is 1. The van der Waals surface area contributed by atoms with Crippen molar-refractivity contribution in [1.82, 2.24) is 20.5 Å². The first-order valence-electron chi connectivity index (χ1n) is 10.8. The summed E-state index contributed by atoms with van der Waals surface area (Å²) in [6, 6.07) is 9.53. The fraction of sp³-hybridized carbons (Fsp3) is 0.348. The number of hydrogen-bond donors (Lipinski definition) is 3. The second-order valence-corrected chi connectivity index (χ2v) is 10.7. The van der Waals surface area contributed by atoms with Gasteiger partial charge in [0.1, 0.15) is 5.82 Å². The molecule has 3 N–H and O–H groups in total. The maximum absolute atomic E-state index is 14.7. The molecule has 0 spiro atoms. The fourth-order valence-corrected chi connectivity index (χ4v) is 4.39. The number of nitrogens with zero attached hydrogens (tertiary/aromatic N) is 2. The number of aromatic nitrogens is 2. The molecule has 0 fully saturated rings. The Hall–Kier alpha value is -3.19. The Kier molecular flexibility index (Phi) is 8.00. The highest BCUT2D eigenvalue weighted by Gasteiger charge is 2.43. The molecule has 1 aromatic heterocycles. The van der Waals surface area contributed by atoms with E-state index in [9.17, 15) is 22.4 Å². The van der Waals surface area contributed by atoms with Crippen LogP contribution in [0.2, 0.25) is 0 Å². The Morgan fingerprint density at radius 2 is 2.00 bits per heavy atom. The Labute approximate surface area is 201 Å². The minimum absolute atomic E-state index is 0.133. The maximum Gasteiger partial charge on any atom is 0.264 e. The van der Waals surface area contributed by atoms with Crippen molar-refractivity contribution in [3.05, 3.63) is 64.5 Å². The van der Waals surface area contributed by atoms with Crippen LogP contribution in [0.3, 0.4) is 0 Å². The molecule has 1 amide bonds. The van der Waals surface area contributed by atoms with Crippen molar-refractivity contribution >= 4 is 26.6 Å². The zero-order valence-corrected chi connectivity index (χ0v) is 20.4. The first-order valence-corrected chi connectivity index (χ1v) is 12.7. The SMILES string of the molecule is CCONCc1ccc(-c2ccc3c(=O)n(CCC(C)(C(=O)NO)S(C)(=O)=O)cnc3c2)c(F)c1. The maximum atomic E-state index is 14.7. The molecule has 0 radical (unpaired) electrons. The van der Waals surface area contributed by atoms with E-state index >= 15 is 0 Å². The molecule has 1 unspecified atom stereocenters. The van der Waals surface area contributed by atoms with Crippen molar-refractivity contribution in [3.63, 3.8) is 0 Å². The second kappa shape index (κ2) is 10.6. The van der Waals surface area contributed by atoms with Crippen LogP contribution in [0.4, 0.5) is 4.39 Å². The molecule has 1 atom stereocenters. The zero-order valence-electron chi connectivity index (χ0n) is 19.5. The van der Waals surface area contributed by atoms with Gasteiger partial charge in [0.05, 0.1) is 23.8 Å². The van der Waals surface area contributed by atoms with Crippen LogP contribution < -0.4 is 16.5 Å². The summed E-state index contributed by atoms with van der Waals surface area (Å²) < 4.78 is 38.3. The fourth-order valence-electron chi connectivity index (χ4n) is 3.54. The largest absolute Gasteiger partial charge is 0.302 e. The third-order valence-electron chi connectivity index (χ3n) is 5.92. The molecular formula is C23H27FN4O6S. The van der Waals surface area contributed by atoms with Crippen LogP contribution in [0.25, 0.3) is 22.0 Å². The van der Waals surface area contributed by atoms with E-state index in [1.165, 1.54) is 35.4 Å². The van der Waals surface area contributed by atoms with Gasteiger partial charge in [0.25, 0.3) is 11.5 Å². The molecule has 0 aliphatic heterocycles. The minimum Gasteiger partial charge on any atom is -0.302 e. The average molecular weight is 507 g/mol. The lowest BCUT2D eigenvalue weighted by atomic mass is 10.0. The van der Waals surface area contributed by atoms with Gasteiger partial charge in [-0.05, 0) is 49.6 Å². The summed E-state index contributed by atoms with van der Waals surface area (Å²) in [6.07, 6.45) is 1.86. The Balaban J connectivity index is 1.88. The number of aryl methyl sites for hydroxylation is 1. The van der Waals surface area contributed by atoms with Crippen molar-refractivity contribution in [2.24, 2.45) is 0 Å². The summed E-state index contributed by atoms with van der Waals surface area (Å²) in [5.41, 5.74) is 5.58. The number of carbonyl (C=O) groups excluding carboxylic acids is 1. The molecule has 2 aromatic carbocycles. The highest BCUT2D eigenvalue weighted by atomic mass is 32.2. The summed E-state index contributed by atoms with van der Waals surface area (Å²) in [6.45, 7) is 3.71. The predicted molar refractivity (Wildman–Crippen MR) is 128 cm³/mol. The minimum atomic E-state index is -3.91. The van der Waals surface area contributed by atoms with E-state index in [4.69, 9.17) is 10.0 Å². The van der Waals surface area contributed by atoms with E-state index in [0.29, 0.717) is 35.4 Å². The molecule has 3 rings (SSSR count). The summed E-state index contributed by atoms with van der Waals surface area (Å²) in [7, 11) is -3.91. The Morgan fingerprint density at radius 1 is 1.26 bits per heavy atom. The van der Waals surface area contributed by atoms with Gasteiger partial charge in [-0.2, -0.15) is 5.48 Å². The molecule has 10 nitrogen and oxygen atoms in total. The highest BCUT2D eigenvalue weighted by molar-refractivity contribution is 7.92. The van der Waals surface area contributed by atoms with Crippen LogP contribution in [-0.4, -0.2) is 46.7 Å². The standard InChI is InChI=1S/C23H27FN4O6S/c1-4-34-26-13-15-5-7-17(19(24)11-15)16-6-8-18-20(12-16)25-14-28(21(18)29)10-9-23(2,22(30)27-31)35(3,32)33/h5-8,11-12,14,26,31H,4,9-10,13H2,1-3H3,(H,27,30). The van der Waals surface area contributed by atoms with Gasteiger partial charge in [-0.15, -0.1) is 0 Å². The molecule has 35 heavy (non-hydrogen) atoms. The van der Waals surface area contributed by atoms with E-state index in [2.05, 4.69) is 10.5 Å². The van der Waals surface area contributed by atoms with Gasteiger partial charge < -0.3 is 4.84 Å². The first kappa shape index (κ1) is 26.4. The molecule has 3 aromatic rings. The zero-order chi connectivity index (χ0) is 25.8. The molecule has 0 saturated heterocycles. The molecule has 188 valence electrons. The van der Waals surface area contributed by atoms with Gasteiger partial charge in [-0.25, -0.2) is 23.3 Å². The lowest BCUT2D eigenvalue weighted by Gasteiger charge is -2.25. The van der Waals surface area contributed by atoms with Crippen LogP contribution in [-0.2, 0) is 32.6 Å². The van der Waals surface area contributed by atoms with Crippen molar-refractivity contribution in [1.29, 1.82) is 0 Å². The number of hydrogen-bond acceptors (Lipinski definition) is 8. The number of nitrogens with one attached hydrogen (secondary N) is 2. The molecule has 0 aliphatic rings. The lowest BCUT2D eigenvalue weighted by molar-refractivity contribution is -0.131. The van der Waals surface area contributed by atoms with E-state index in [1.54, 1.807) is 24.3 Å². The Bertz CT molecular complexity index is 1410. The van der Waals surface area contributed by atoms with E-state index < -0.39 is 31.9 Å². The van der Waals surface area contributed by atoms with Crippen LogP contribution >= 0.6 is 0 Å². The normalized spacial score (nSPS) is 13.5. The van der Waals surface area contributed by atoms with Crippen LogP contribution in [0, 0.1) is 5.82 Å². The van der Waals surface area contributed by atoms with Gasteiger partial charge in [0.15, 0.2) is 14.6 Å². The second-order valence-electron chi connectivity index (χ2n) is 8.24. The topological polar surface area (TPSA) is 140 Å². The summed E-state index contributed by atoms with van der Waals surface area (Å²) in [4.78, 5) is 34.3. The van der Waals surface area contributed by atoms with Crippen molar-refractivity contribution in [2.75, 3.05) is 12.9 Å². The van der Waals surface area contributed by atoms with Gasteiger partial charge in [-0.1, -0.05) is 18.2 Å². The summed E-state index contributed by atoms with van der Waals surface area (Å²) >= 11 is 0. The molecule has 0 aliphatic carbocycles. The van der Waals surface area contributed by atoms with E-state index in [0.717, 1.165) is 6.26 Å². The van der Waals surface area contributed by atoms with Gasteiger partial charge in [-0.3, -0.25) is 19.4 Å². The number of sulfone groups is 1.